The van der Waals surface area contributed by atoms with Crippen molar-refractivity contribution in [3.63, 3.8) is 0 Å². The molecule has 4 heteroatoms. The van der Waals surface area contributed by atoms with E-state index >= 15 is 0 Å². The minimum atomic E-state index is -1.23. The zero-order chi connectivity index (χ0) is 23.9. The summed E-state index contributed by atoms with van der Waals surface area (Å²) in [6, 6.07) is 20.4. The fourth-order valence-electron chi connectivity index (χ4n) is 3.98. The van der Waals surface area contributed by atoms with Gasteiger partial charge in [0.25, 0.3) is 0 Å². The number of hydrogen-bond donors (Lipinski definition) is 0. The zero-order valence-electron chi connectivity index (χ0n) is 18.4. The smallest absolute Gasteiger partial charge is 0.217 e. The molecule has 170 valence electrons. The summed E-state index contributed by atoms with van der Waals surface area (Å²) >= 11 is 0. The van der Waals surface area contributed by atoms with Crippen LogP contribution in [0, 0.1) is 29.5 Å². The number of halogens is 4. The van der Waals surface area contributed by atoms with E-state index in [0.29, 0.717) is 29.9 Å². The highest BCUT2D eigenvalue weighted by Crippen LogP contribution is 2.34. The molecule has 0 aromatic heterocycles. The predicted molar refractivity (Wildman–Crippen MR) is 127 cm³/mol. The Labute approximate surface area is 197 Å². The topological polar surface area (TPSA) is 0 Å². The van der Waals surface area contributed by atoms with Crippen LogP contribution >= 0.6 is 0 Å². The summed E-state index contributed by atoms with van der Waals surface area (Å²) in [5.41, 5.74) is 3.90. The Balaban J connectivity index is 1.40. The minimum absolute atomic E-state index is 0.312. The maximum atomic E-state index is 14.1. The largest absolute Gasteiger partial charge is 0.247 e. The summed E-state index contributed by atoms with van der Waals surface area (Å²) in [6.45, 7) is 0. The quantitative estimate of drug-likeness (QED) is 0.269. The molecule has 0 bridgehead atoms. The first-order valence-electron chi connectivity index (χ1n) is 11.2. The van der Waals surface area contributed by atoms with Crippen molar-refractivity contribution < 1.29 is 17.6 Å². The van der Waals surface area contributed by atoms with Gasteiger partial charge in [-0.25, -0.2) is 8.78 Å². The van der Waals surface area contributed by atoms with E-state index in [1.165, 1.54) is 12.1 Å². The molecular formula is C30H22F4. The molecule has 0 radical (unpaired) electrons. The minimum Gasteiger partial charge on any atom is -0.247 e. The average molecular weight is 458 g/mol. The van der Waals surface area contributed by atoms with Crippen molar-refractivity contribution in [2.75, 3.05) is 0 Å². The second-order valence-electron chi connectivity index (χ2n) is 8.28. The standard InChI is InChI=1S/C30H22F4/c31-27-15-11-25(12-16-27)23-7-1-21(2-8-23)5-19-29(33)30(34)20-6-22-3-9-24(10-4-22)26-13-17-28(32)18-14-26/h1-4,7-12,15-16,26,28H,13-14,17-18H2. The Morgan fingerprint density at radius 2 is 1.06 bits per heavy atom. The molecule has 0 saturated heterocycles. The third-order valence-electron chi connectivity index (χ3n) is 5.93. The van der Waals surface area contributed by atoms with E-state index < -0.39 is 17.8 Å². The lowest BCUT2D eigenvalue weighted by Crippen LogP contribution is -2.13. The molecule has 34 heavy (non-hydrogen) atoms. The van der Waals surface area contributed by atoms with Crippen LogP contribution in [0.15, 0.2) is 84.5 Å². The first-order chi connectivity index (χ1) is 16.5. The van der Waals surface area contributed by atoms with Gasteiger partial charge in [0.2, 0.25) is 11.7 Å². The fraction of sp³-hybridized carbons (Fsp3) is 0.200. The van der Waals surface area contributed by atoms with E-state index in [2.05, 4.69) is 23.7 Å². The number of allylic oxidation sites excluding steroid dienone is 2. The van der Waals surface area contributed by atoms with Crippen LogP contribution in [0.5, 0.6) is 0 Å². The van der Waals surface area contributed by atoms with Gasteiger partial charge < -0.3 is 0 Å². The summed E-state index contributed by atoms with van der Waals surface area (Å²) in [6.07, 6.45) is 2.11. The number of alkyl halides is 1. The maximum Gasteiger partial charge on any atom is 0.217 e. The Bertz CT molecular complexity index is 1270. The number of hydrogen-bond acceptors (Lipinski definition) is 0. The molecular weight excluding hydrogens is 436 g/mol. The van der Waals surface area contributed by atoms with Crippen LogP contribution in [-0.4, -0.2) is 6.17 Å². The summed E-state index contributed by atoms with van der Waals surface area (Å²) in [4.78, 5) is 0. The van der Waals surface area contributed by atoms with Crippen molar-refractivity contribution in [1.82, 2.24) is 0 Å². The van der Waals surface area contributed by atoms with Crippen molar-refractivity contribution in [3.05, 3.63) is 107 Å². The van der Waals surface area contributed by atoms with E-state index in [4.69, 9.17) is 0 Å². The van der Waals surface area contributed by atoms with Gasteiger partial charge in [0.15, 0.2) is 0 Å². The van der Waals surface area contributed by atoms with Crippen LogP contribution in [0.2, 0.25) is 0 Å². The highest BCUT2D eigenvalue weighted by Gasteiger charge is 2.21. The molecule has 1 aliphatic rings. The molecule has 1 aliphatic carbocycles. The lowest BCUT2D eigenvalue weighted by molar-refractivity contribution is 0.235. The molecule has 0 aliphatic heterocycles. The van der Waals surface area contributed by atoms with E-state index in [-0.39, 0.29) is 5.82 Å². The van der Waals surface area contributed by atoms with Crippen LogP contribution in [0.4, 0.5) is 17.6 Å². The van der Waals surface area contributed by atoms with Crippen LogP contribution in [-0.2, 0) is 0 Å². The van der Waals surface area contributed by atoms with Gasteiger partial charge in [-0.2, -0.15) is 8.78 Å². The SMILES string of the molecule is FC(C#Cc1ccc(-c2ccc(F)cc2)cc1)=C(F)C#Cc1ccc(C2CCC(F)CC2)cc1. The van der Waals surface area contributed by atoms with Crippen molar-refractivity contribution in [2.24, 2.45) is 0 Å². The van der Waals surface area contributed by atoms with Gasteiger partial charge >= 0.3 is 0 Å². The van der Waals surface area contributed by atoms with Crippen molar-refractivity contribution in [3.8, 4) is 34.8 Å². The van der Waals surface area contributed by atoms with Crippen molar-refractivity contribution in [1.29, 1.82) is 0 Å². The number of rotatable bonds is 2. The summed E-state index contributed by atoms with van der Waals surface area (Å²) in [5, 5.41) is 0. The molecule has 3 aromatic carbocycles. The molecule has 0 atom stereocenters. The third-order valence-corrected chi connectivity index (χ3v) is 5.93. The molecule has 4 rings (SSSR count). The fourth-order valence-corrected chi connectivity index (χ4v) is 3.98. The van der Waals surface area contributed by atoms with E-state index in [1.807, 2.05) is 12.1 Å². The van der Waals surface area contributed by atoms with E-state index in [1.54, 1.807) is 48.5 Å². The van der Waals surface area contributed by atoms with Gasteiger partial charge in [-0.05, 0) is 96.5 Å². The monoisotopic (exact) mass is 458 g/mol. The van der Waals surface area contributed by atoms with Gasteiger partial charge in [-0.1, -0.05) is 48.2 Å². The summed E-state index contributed by atoms with van der Waals surface area (Å²) in [5.74, 6) is 7.11. The zero-order valence-corrected chi connectivity index (χ0v) is 18.4. The van der Waals surface area contributed by atoms with Crippen molar-refractivity contribution in [2.45, 2.75) is 37.8 Å². The third kappa shape index (κ3) is 6.18. The molecule has 0 amide bonds. The lowest BCUT2D eigenvalue weighted by atomic mass is 9.83. The van der Waals surface area contributed by atoms with Gasteiger partial charge in [0, 0.05) is 11.1 Å². The van der Waals surface area contributed by atoms with Crippen LogP contribution in [0.1, 0.15) is 48.3 Å². The van der Waals surface area contributed by atoms with E-state index in [9.17, 15) is 17.6 Å². The van der Waals surface area contributed by atoms with Crippen LogP contribution < -0.4 is 0 Å². The molecule has 3 aromatic rings. The summed E-state index contributed by atoms with van der Waals surface area (Å²) < 4.78 is 54.5. The number of benzene rings is 3. The normalized spacial score (nSPS) is 18.1. The predicted octanol–water partition coefficient (Wildman–Crippen LogP) is 8.04. The molecule has 1 fully saturated rings. The molecule has 0 spiro atoms. The highest BCUT2D eigenvalue weighted by molar-refractivity contribution is 5.64. The van der Waals surface area contributed by atoms with Crippen LogP contribution in [0.25, 0.3) is 11.1 Å². The Morgan fingerprint density at radius 3 is 1.56 bits per heavy atom. The molecule has 0 heterocycles. The van der Waals surface area contributed by atoms with Crippen LogP contribution in [0.3, 0.4) is 0 Å². The molecule has 0 nitrogen and oxygen atoms in total. The van der Waals surface area contributed by atoms with Crippen molar-refractivity contribution >= 4 is 0 Å². The second-order valence-corrected chi connectivity index (χ2v) is 8.28. The maximum absolute atomic E-state index is 14.1. The Morgan fingerprint density at radius 1 is 0.618 bits per heavy atom. The first kappa shape index (κ1) is 23.4. The van der Waals surface area contributed by atoms with Gasteiger partial charge in [0.05, 0.1) is 0 Å². The molecule has 0 unspecified atom stereocenters. The van der Waals surface area contributed by atoms with E-state index in [0.717, 1.165) is 29.5 Å². The molecule has 0 N–H and O–H groups in total. The highest BCUT2D eigenvalue weighted by atomic mass is 19.2. The second kappa shape index (κ2) is 10.9. The van der Waals surface area contributed by atoms with Gasteiger partial charge in [-0.3, -0.25) is 0 Å². The Kier molecular flexibility index (Phi) is 7.51. The Hall–Kier alpha value is -3.76. The summed E-state index contributed by atoms with van der Waals surface area (Å²) in [7, 11) is 0. The molecule has 1 saturated carbocycles. The first-order valence-corrected chi connectivity index (χ1v) is 11.2. The average Bonchev–Trinajstić information content (AvgIpc) is 2.87. The lowest BCUT2D eigenvalue weighted by Gasteiger charge is -2.24. The van der Waals surface area contributed by atoms with Gasteiger partial charge in [-0.15, -0.1) is 0 Å². The van der Waals surface area contributed by atoms with Gasteiger partial charge in [0.1, 0.15) is 12.0 Å².